The van der Waals surface area contributed by atoms with E-state index >= 15 is 0 Å². The van der Waals surface area contributed by atoms with Gasteiger partial charge in [0.05, 0.1) is 0 Å². The van der Waals surface area contributed by atoms with Crippen LogP contribution in [0, 0.1) is 0 Å². The summed E-state index contributed by atoms with van der Waals surface area (Å²) in [6.45, 7) is 0. The van der Waals surface area contributed by atoms with Gasteiger partial charge in [-0.15, -0.1) is 0 Å². The van der Waals surface area contributed by atoms with Crippen molar-refractivity contribution >= 4 is 0 Å². The molecule has 0 heterocycles. The first-order valence-electron chi connectivity index (χ1n) is 5.47. The second-order valence-corrected chi connectivity index (χ2v) is 3.75. The zero-order valence-corrected chi connectivity index (χ0v) is 9.36. The van der Waals surface area contributed by atoms with E-state index in [0.29, 0.717) is 5.75 Å². The summed E-state index contributed by atoms with van der Waals surface area (Å²) in [4.78, 5) is 0. The topological polar surface area (TPSA) is 55.5 Å². The van der Waals surface area contributed by atoms with Gasteiger partial charge in [-0.25, -0.2) is 0 Å². The summed E-state index contributed by atoms with van der Waals surface area (Å²) < 4.78 is 5.69. The predicted octanol–water partition coefficient (Wildman–Crippen LogP) is 2.08. The van der Waals surface area contributed by atoms with Crippen LogP contribution < -0.4 is 10.5 Å². The molecule has 0 saturated carbocycles. The molecule has 2 unspecified atom stereocenters. The highest BCUT2D eigenvalue weighted by atomic mass is 16.5. The lowest BCUT2D eigenvalue weighted by Gasteiger charge is -2.21. The average molecular weight is 229 g/mol. The first-order chi connectivity index (χ1) is 8.27. The van der Waals surface area contributed by atoms with E-state index in [0.717, 1.165) is 5.56 Å². The van der Waals surface area contributed by atoms with Crippen LogP contribution in [-0.2, 0) is 0 Å². The van der Waals surface area contributed by atoms with Crippen molar-refractivity contribution in [2.45, 2.75) is 12.3 Å². The van der Waals surface area contributed by atoms with Crippen molar-refractivity contribution in [1.82, 2.24) is 0 Å². The third-order valence-corrected chi connectivity index (χ3v) is 2.44. The Morgan fingerprint density at radius 2 is 1.41 bits per heavy atom. The lowest BCUT2D eigenvalue weighted by atomic mass is 10.1. The largest absolute Gasteiger partial charge is 0.482 e. The molecule has 0 bridgehead atoms. The molecular formula is C14H15NO2. The number of aliphatic hydroxyl groups excluding tert-OH is 1. The lowest BCUT2D eigenvalue weighted by Crippen LogP contribution is -2.31. The van der Waals surface area contributed by atoms with Crippen molar-refractivity contribution in [2.24, 2.45) is 5.73 Å². The molecule has 2 aromatic carbocycles. The normalized spacial score (nSPS) is 14.0. The molecule has 3 heteroatoms. The third-order valence-electron chi connectivity index (χ3n) is 2.44. The molecule has 88 valence electrons. The average Bonchev–Trinajstić information content (AvgIpc) is 2.38. The number of ether oxygens (including phenoxy) is 1. The molecule has 0 radical (unpaired) electrons. The number of hydrogen-bond acceptors (Lipinski definition) is 3. The Labute approximate surface area is 100 Å². The summed E-state index contributed by atoms with van der Waals surface area (Å²) in [5, 5.41) is 9.58. The maximum Gasteiger partial charge on any atom is 0.163 e. The molecule has 3 nitrogen and oxygen atoms in total. The third kappa shape index (κ3) is 3.06. The highest BCUT2D eigenvalue weighted by Gasteiger charge is 2.19. The molecule has 0 spiro atoms. The van der Waals surface area contributed by atoms with E-state index in [1.165, 1.54) is 0 Å². The van der Waals surface area contributed by atoms with Gasteiger partial charge in [-0.1, -0.05) is 48.5 Å². The molecule has 3 N–H and O–H groups in total. The van der Waals surface area contributed by atoms with Gasteiger partial charge >= 0.3 is 0 Å². The van der Waals surface area contributed by atoms with Gasteiger partial charge < -0.3 is 15.6 Å². The number of para-hydroxylation sites is 1. The molecule has 0 saturated heterocycles. The van der Waals surface area contributed by atoms with Crippen molar-refractivity contribution in [3.8, 4) is 5.75 Å². The molecule has 0 aliphatic rings. The van der Waals surface area contributed by atoms with Crippen molar-refractivity contribution in [3.63, 3.8) is 0 Å². The van der Waals surface area contributed by atoms with Crippen LogP contribution in [0.15, 0.2) is 60.7 Å². The van der Waals surface area contributed by atoms with Gasteiger partial charge in [0.25, 0.3) is 0 Å². The fourth-order valence-corrected chi connectivity index (χ4v) is 1.62. The number of rotatable bonds is 4. The van der Waals surface area contributed by atoms with E-state index in [1.807, 2.05) is 60.7 Å². The smallest absolute Gasteiger partial charge is 0.163 e. The second kappa shape index (κ2) is 5.48. The molecule has 2 aromatic rings. The number of aliphatic hydroxyl groups is 1. The molecular weight excluding hydrogens is 214 g/mol. The summed E-state index contributed by atoms with van der Waals surface area (Å²) in [5.74, 6) is 0.686. The molecule has 0 amide bonds. The van der Waals surface area contributed by atoms with Crippen LogP contribution in [0.1, 0.15) is 11.7 Å². The van der Waals surface area contributed by atoms with Gasteiger partial charge in [-0.05, 0) is 17.7 Å². The van der Waals surface area contributed by atoms with Crippen molar-refractivity contribution in [3.05, 3.63) is 66.2 Å². The summed E-state index contributed by atoms with van der Waals surface area (Å²) in [6, 6.07) is 18.8. The van der Waals surface area contributed by atoms with E-state index in [-0.39, 0.29) is 0 Å². The molecule has 2 atom stereocenters. The van der Waals surface area contributed by atoms with Gasteiger partial charge in [0.15, 0.2) is 6.10 Å². The maximum absolute atomic E-state index is 9.58. The first-order valence-corrected chi connectivity index (χ1v) is 5.47. The molecule has 0 fully saturated rings. The SMILES string of the molecule is NC(O)C(Oc1ccccc1)c1ccccc1. The predicted molar refractivity (Wildman–Crippen MR) is 66.4 cm³/mol. The number of nitrogens with two attached hydrogens (primary N) is 1. The van der Waals surface area contributed by atoms with Crippen LogP contribution in [-0.4, -0.2) is 11.3 Å². The van der Waals surface area contributed by atoms with Crippen LogP contribution in [0.5, 0.6) is 5.75 Å². The zero-order valence-electron chi connectivity index (χ0n) is 9.36. The van der Waals surface area contributed by atoms with Gasteiger partial charge in [0, 0.05) is 0 Å². The second-order valence-electron chi connectivity index (χ2n) is 3.75. The molecule has 2 rings (SSSR count). The molecule has 0 aliphatic heterocycles. The zero-order chi connectivity index (χ0) is 12.1. The van der Waals surface area contributed by atoms with Crippen LogP contribution in [0.25, 0.3) is 0 Å². The Hall–Kier alpha value is -1.84. The minimum Gasteiger partial charge on any atom is -0.482 e. The van der Waals surface area contributed by atoms with Crippen LogP contribution in [0.4, 0.5) is 0 Å². The quantitative estimate of drug-likeness (QED) is 0.789. The fraction of sp³-hybridized carbons (Fsp3) is 0.143. The number of benzene rings is 2. The van der Waals surface area contributed by atoms with Crippen LogP contribution >= 0.6 is 0 Å². The van der Waals surface area contributed by atoms with Gasteiger partial charge in [-0.2, -0.15) is 0 Å². The Bertz CT molecular complexity index is 442. The lowest BCUT2D eigenvalue weighted by molar-refractivity contribution is 0.0399. The standard InChI is InChI=1S/C14H15NO2/c15-14(16)13(11-7-3-1-4-8-11)17-12-9-5-2-6-10-12/h1-10,13-14,16H,15H2. The molecule has 0 aromatic heterocycles. The first kappa shape index (κ1) is 11.6. The van der Waals surface area contributed by atoms with Gasteiger partial charge in [0.2, 0.25) is 0 Å². The highest BCUT2D eigenvalue weighted by molar-refractivity contribution is 5.25. The monoisotopic (exact) mass is 229 g/mol. The Morgan fingerprint density at radius 1 is 0.882 bits per heavy atom. The Balaban J connectivity index is 2.20. The van der Waals surface area contributed by atoms with E-state index in [4.69, 9.17) is 10.5 Å². The maximum atomic E-state index is 9.58. The van der Waals surface area contributed by atoms with Crippen molar-refractivity contribution < 1.29 is 9.84 Å². The minimum absolute atomic E-state index is 0.557. The highest BCUT2D eigenvalue weighted by Crippen LogP contribution is 2.22. The van der Waals surface area contributed by atoms with E-state index in [1.54, 1.807) is 0 Å². The van der Waals surface area contributed by atoms with E-state index in [2.05, 4.69) is 0 Å². The summed E-state index contributed by atoms with van der Waals surface area (Å²) >= 11 is 0. The van der Waals surface area contributed by atoms with Crippen molar-refractivity contribution in [2.75, 3.05) is 0 Å². The van der Waals surface area contributed by atoms with Crippen LogP contribution in [0.2, 0.25) is 0 Å². The molecule has 17 heavy (non-hydrogen) atoms. The fourth-order valence-electron chi connectivity index (χ4n) is 1.62. The minimum atomic E-state index is -1.06. The number of hydrogen-bond donors (Lipinski definition) is 2. The van der Waals surface area contributed by atoms with E-state index < -0.39 is 12.3 Å². The summed E-state index contributed by atoms with van der Waals surface area (Å²) in [7, 11) is 0. The Kier molecular flexibility index (Phi) is 3.75. The van der Waals surface area contributed by atoms with Gasteiger partial charge in [0.1, 0.15) is 12.0 Å². The summed E-state index contributed by atoms with van der Waals surface area (Å²) in [5.41, 5.74) is 6.40. The van der Waals surface area contributed by atoms with Gasteiger partial charge in [-0.3, -0.25) is 0 Å². The Morgan fingerprint density at radius 3 is 1.94 bits per heavy atom. The van der Waals surface area contributed by atoms with Crippen molar-refractivity contribution in [1.29, 1.82) is 0 Å². The van der Waals surface area contributed by atoms with Crippen LogP contribution in [0.3, 0.4) is 0 Å². The summed E-state index contributed by atoms with van der Waals surface area (Å²) in [6.07, 6.45) is -1.61. The van der Waals surface area contributed by atoms with E-state index in [9.17, 15) is 5.11 Å². The molecule has 0 aliphatic carbocycles.